The average molecular weight is 398 g/mol. The van der Waals surface area contributed by atoms with E-state index < -0.39 is 22.3 Å². The van der Waals surface area contributed by atoms with Crippen molar-refractivity contribution in [1.29, 1.82) is 0 Å². The number of hydrogen-bond acceptors (Lipinski definition) is 9. The van der Waals surface area contributed by atoms with Crippen molar-refractivity contribution in [2.24, 2.45) is 0 Å². The van der Waals surface area contributed by atoms with Crippen LogP contribution in [0.5, 0.6) is 0 Å². The number of rotatable bonds is 15. The molecule has 0 aliphatic carbocycles. The van der Waals surface area contributed by atoms with Crippen molar-refractivity contribution >= 4 is 40.0 Å². The average Bonchev–Trinajstić information content (AvgIpc) is 2.42. The number of unbranched alkanes of at least 4 members (excludes halogenated alkanes) is 9. The summed E-state index contributed by atoms with van der Waals surface area (Å²) in [6.45, 7) is 1.91. The first kappa shape index (κ1) is 27.9. The molecule has 0 saturated heterocycles. The van der Waals surface area contributed by atoms with Crippen molar-refractivity contribution in [3.8, 4) is 0 Å². The van der Waals surface area contributed by atoms with Gasteiger partial charge in [0.25, 0.3) is 0 Å². The molecular formula is C14H31NaO9S. The second-order valence-corrected chi connectivity index (χ2v) is 6.96. The SMILES string of the molecule is CCCCCCCCCCCCOS(=O)(=O)OC(O)(O)C(O)(O)O.[NaH]. The Morgan fingerprint density at radius 3 is 1.56 bits per heavy atom. The van der Waals surface area contributed by atoms with Gasteiger partial charge in [0, 0.05) is 0 Å². The molecule has 5 N–H and O–H groups in total. The van der Waals surface area contributed by atoms with Crippen LogP contribution in [0.1, 0.15) is 71.1 Å². The molecule has 0 aromatic carbocycles. The van der Waals surface area contributed by atoms with E-state index in [0.717, 1.165) is 25.7 Å². The van der Waals surface area contributed by atoms with E-state index >= 15 is 0 Å². The molecule has 25 heavy (non-hydrogen) atoms. The number of hydrogen-bond donors (Lipinski definition) is 5. The monoisotopic (exact) mass is 398 g/mol. The molecule has 0 spiro atoms. The standard InChI is InChI=1S/C14H30O9S.Na.H/c1-2-3-4-5-6-7-8-9-10-11-12-22-24(20,21)23-14(18,19)13(15,16)17;;/h15-19H,2-12H2,1H3;;. The van der Waals surface area contributed by atoms with Gasteiger partial charge in [-0.1, -0.05) is 64.7 Å². The molecule has 0 bridgehead atoms. The summed E-state index contributed by atoms with van der Waals surface area (Å²) in [4.78, 5) is 0. The molecule has 0 amide bonds. The van der Waals surface area contributed by atoms with Crippen LogP contribution in [0, 0.1) is 0 Å². The maximum atomic E-state index is 11.3. The molecule has 0 unspecified atom stereocenters. The summed E-state index contributed by atoms with van der Waals surface area (Å²) >= 11 is 0. The summed E-state index contributed by atoms with van der Waals surface area (Å²) in [5.74, 6) is -8.32. The molecule has 0 rings (SSSR count). The van der Waals surface area contributed by atoms with Crippen molar-refractivity contribution < 1.29 is 42.3 Å². The van der Waals surface area contributed by atoms with Gasteiger partial charge in [0.15, 0.2) is 0 Å². The van der Waals surface area contributed by atoms with Crippen LogP contribution in [0.3, 0.4) is 0 Å². The molecule has 0 aliphatic heterocycles. The molecule has 0 saturated carbocycles. The molecule has 11 heteroatoms. The van der Waals surface area contributed by atoms with Crippen LogP contribution in [0.2, 0.25) is 0 Å². The van der Waals surface area contributed by atoms with E-state index in [-0.39, 0.29) is 36.2 Å². The van der Waals surface area contributed by atoms with E-state index in [1.165, 1.54) is 32.1 Å². The Kier molecular flexibility index (Phi) is 15.4. The quantitative estimate of drug-likeness (QED) is 0.143. The van der Waals surface area contributed by atoms with Gasteiger partial charge in [-0.3, -0.25) is 0 Å². The zero-order valence-electron chi connectivity index (χ0n) is 14.1. The van der Waals surface area contributed by atoms with Crippen LogP contribution in [0.15, 0.2) is 0 Å². The van der Waals surface area contributed by atoms with Gasteiger partial charge in [-0.05, 0) is 6.42 Å². The summed E-state index contributed by atoms with van der Waals surface area (Å²) in [6, 6.07) is 0. The molecule has 0 atom stereocenters. The molecule has 0 aliphatic rings. The summed E-state index contributed by atoms with van der Waals surface area (Å²) in [7, 11) is -4.91. The normalized spacial score (nSPS) is 12.9. The molecule has 0 aromatic heterocycles. The Morgan fingerprint density at radius 2 is 1.16 bits per heavy atom. The van der Waals surface area contributed by atoms with Crippen LogP contribution in [0.25, 0.3) is 0 Å². The number of aliphatic hydroxyl groups is 5. The predicted octanol–water partition coefficient (Wildman–Crippen LogP) is -0.194. The Hall–Kier alpha value is 0.670. The van der Waals surface area contributed by atoms with Crippen molar-refractivity contribution in [3.05, 3.63) is 0 Å². The topological polar surface area (TPSA) is 154 Å². The van der Waals surface area contributed by atoms with E-state index in [2.05, 4.69) is 15.3 Å². The molecule has 0 heterocycles. The van der Waals surface area contributed by atoms with Gasteiger partial charge in [0.1, 0.15) is 0 Å². The summed E-state index contributed by atoms with van der Waals surface area (Å²) in [5.41, 5.74) is 0. The van der Waals surface area contributed by atoms with Gasteiger partial charge >= 0.3 is 51.9 Å². The Bertz CT molecular complexity index is 421. The maximum absolute atomic E-state index is 11.3. The first-order valence-corrected chi connectivity index (χ1v) is 9.57. The third kappa shape index (κ3) is 14.4. The van der Waals surface area contributed by atoms with Gasteiger partial charge in [-0.25, -0.2) is 4.18 Å². The first-order valence-electron chi connectivity index (χ1n) is 8.23. The van der Waals surface area contributed by atoms with Crippen LogP contribution in [-0.2, 0) is 18.8 Å². The Labute approximate surface area is 171 Å². The van der Waals surface area contributed by atoms with Gasteiger partial charge in [0.2, 0.25) is 0 Å². The van der Waals surface area contributed by atoms with Crippen LogP contribution in [0.4, 0.5) is 0 Å². The van der Waals surface area contributed by atoms with E-state index in [0.29, 0.717) is 6.42 Å². The fourth-order valence-electron chi connectivity index (χ4n) is 1.97. The summed E-state index contributed by atoms with van der Waals surface area (Å²) in [6.07, 6.45) is 10.4. The van der Waals surface area contributed by atoms with Crippen molar-refractivity contribution in [1.82, 2.24) is 0 Å². The third-order valence-electron chi connectivity index (χ3n) is 3.38. The third-order valence-corrected chi connectivity index (χ3v) is 4.27. The Morgan fingerprint density at radius 1 is 0.760 bits per heavy atom. The van der Waals surface area contributed by atoms with Crippen molar-refractivity contribution in [3.63, 3.8) is 0 Å². The van der Waals surface area contributed by atoms with Crippen LogP contribution < -0.4 is 0 Å². The van der Waals surface area contributed by atoms with E-state index in [9.17, 15) is 8.42 Å². The van der Waals surface area contributed by atoms with E-state index in [1.807, 2.05) is 0 Å². The molecular weight excluding hydrogens is 367 g/mol. The van der Waals surface area contributed by atoms with E-state index in [4.69, 9.17) is 25.5 Å². The zero-order valence-corrected chi connectivity index (χ0v) is 14.9. The van der Waals surface area contributed by atoms with Gasteiger partial charge < -0.3 is 25.5 Å². The van der Waals surface area contributed by atoms with Gasteiger partial charge in [0.05, 0.1) is 6.61 Å². The molecule has 0 radical (unpaired) electrons. The van der Waals surface area contributed by atoms with Crippen LogP contribution in [-0.4, -0.2) is 82.1 Å². The fraction of sp³-hybridized carbons (Fsp3) is 1.00. The zero-order chi connectivity index (χ0) is 18.7. The van der Waals surface area contributed by atoms with E-state index in [1.54, 1.807) is 0 Å². The predicted molar refractivity (Wildman–Crippen MR) is 91.5 cm³/mol. The minimum atomic E-state index is -4.91. The molecule has 148 valence electrons. The minimum absolute atomic E-state index is 0. The summed E-state index contributed by atoms with van der Waals surface area (Å²) in [5, 5.41) is 43.4. The van der Waals surface area contributed by atoms with Gasteiger partial charge in [-0.15, -0.1) is 0 Å². The van der Waals surface area contributed by atoms with Crippen molar-refractivity contribution in [2.45, 2.75) is 83.1 Å². The van der Waals surface area contributed by atoms with Crippen molar-refractivity contribution in [2.75, 3.05) is 6.61 Å². The summed E-state index contributed by atoms with van der Waals surface area (Å²) < 4.78 is 30.4. The van der Waals surface area contributed by atoms with Gasteiger partial charge in [-0.2, -0.15) is 12.6 Å². The fourth-order valence-corrected chi connectivity index (χ4v) is 2.74. The first-order chi connectivity index (χ1) is 11.0. The Balaban J connectivity index is 0. The second-order valence-electron chi connectivity index (χ2n) is 5.74. The second kappa shape index (κ2) is 13.8. The van der Waals surface area contributed by atoms with Crippen LogP contribution >= 0.6 is 0 Å². The molecule has 0 fully saturated rings. The molecule has 9 nitrogen and oxygen atoms in total. The molecule has 0 aromatic rings.